The predicted molar refractivity (Wildman–Crippen MR) is 119 cm³/mol. The highest BCUT2D eigenvalue weighted by molar-refractivity contribution is 7.89. The van der Waals surface area contributed by atoms with Crippen molar-refractivity contribution in [3.05, 3.63) is 58.7 Å². The summed E-state index contributed by atoms with van der Waals surface area (Å²) < 4.78 is 25.1. The van der Waals surface area contributed by atoms with E-state index in [-0.39, 0.29) is 21.5 Å². The maximum Gasteiger partial charge on any atom is 0.276 e. The van der Waals surface area contributed by atoms with Gasteiger partial charge in [0.1, 0.15) is 5.75 Å². The average Bonchev–Trinajstić information content (AvgIpc) is 2.58. The van der Waals surface area contributed by atoms with Crippen molar-refractivity contribution < 1.29 is 13.5 Å². The monoisotopic (exact) mass is 416 g/mol. The third-order valence-corrected chi connectivity index (χ3v) is 6.03. The first-order valence-corrected chi connectivity index (χ1v) is 11.1. The van der Waals surface area contributed by atoms with E-state index in [1.54, 1.807) is 31.2 Å². The van der Waals surface area contributed by atoms with E-state index < -0.39 is 10.0 Å². The van der Waals surface area contributed by atoms with E-state index in [0.717, 1.165) is 22.3 Å². The first-order chi connectivity index (χ1) is 13.1. The summed E-state index contributed by atoms with van der Waals surface area (Å²) in [6, 6.07) is 10.4. The van der Waals surface area contributed by atoms with E-state index in [9.17, 15) is 13.5 Å². The summed E-state index contributed by atoms with van der Waals surface area (Å²) in [7, 11) is -3.75. The minimum atomic E-state index is -3.75. The fourth-order valence-electron chi connectivity index (χ4n) is 2.95. The van der Waals surface area contributed by atoms with E-state index in [2.05, 4.69) is 9.93 Å². The second kappa shape index (κ2) is 7.82. The summed E-state index contributed by atoms with van der Waals surface area (Å²) in [4.78, 5) is 2.48. The number of hydrogen-bond donors (Lipinski definition) is 2. The van der Waals surface area contributed by atoms with Gasteiger partial charge in [-0.3, -0.25) is 0 Å². The van der Waals surface area contributed by atoms with Gasteiger partial charge in [0.2, 0.25) is 0 Å². The number of nitrogens with zero attached hydrogens (tertiary/aromatic N) is 1. The third kappa shape index (κ3) is 5.38. The standard InChI is InChI=1S/C23H32N2O3S/c1-15-9-11-18(12-10-15)29(27,28)25-24-16(2)17-13-19(22(3,4)5)21(26)20(14-17)23(6,7)8/h9-14,25-26H,1-8H3/b24-16-. The number of phenols is 1. The molecule has 0 spiro atoms. The fourth-order valence-corrected chi connectivity index (χ4v) is 3.81. The molecule has 5 nitrogen and oxygen atoms in total. The van der Waals surface area contributed by atoms with Crippen LogP contribution < -0.4 is 4.83 Å². The summed E-state index contributed by atoms with van der Waals surface area (Å²) in [5.74, 6) is 0.279. The maximum absolute atomic E-state index is 12.5. The van der Waals surface area contributed by atoms with Gasteiger partial charge in [-0.15, -0.1) is 0 Å². The third-order valence-electron chi connectivity index (χ3n) is 4.81. The lowest BCUT2D eigenvalue weighted by Crippen LogP contribution is -2.21. The summed E-state index contributed by atoms with van der Waals surface area (Å²) in [5.41, 5.74) is 3.33. The molecule has 0 aliphatic rings. The Kier molecular flexibility index (Phi) is 6.19. The molecule has 0 bridgehead atoms. The Hall–Kier alpha value is -2.34. The molecule has 0 amide bonds. The van der Waals surface area contributed by atoms with Crippen molar-refractivity contribution in [3.63, 3.8) is 0 Å². The molecule has 0 saturated heterocycles. The zero-order valence-corrected chi connectivity index (χ0v) is 19.4. The lowest BCUT2D eigenvalue weighted by molar-refractivity contribution is 0.423. The average molecular weight is 417 g/mol. The van der Waals surface area contributed by atoms with Crippen LogP contribution in [0.1, 0.15) is 70.7 Å². The molecule has 2 rings (SSSR count). The number of aromatic hydroxyl groups is 1. The number of hydrogen-bond acceptors (Lipinski definition) is 4. The van der Waals surface area contributed by atoms with Crippen molar-refractivity contribution in [1.29, 1.82) is 0 Å². The van der Waals surface area contributed by atoms with Gasteiger partial charge in [0.25, 0.3) is 10.0 Å². The first kappa shape index (κ1) is 22.9. The van der Waals surface area contributed by atoms with Gasteiger partial charge in [-0.2, -0.15) is 18.4 Å². The van der Waals surface area contributed by atoms with Crippen LogP contribution in [0.25, 0.3) is 0 Å². The minimum Gasteiger partial charge on any atom is -0.507 e. The highest BCUT2D eigenvalue weighted by Gasteiger charge is 2.27. The lowest BCUT2D eigenvalue weighted by Gasteiger charge is -2.28. The molecule has 0 aromatic heterocycles. The van der Waals surface area contributed by atoms with Crippen molar-refractivity contribution >= 4 is 15.7 Å². The van der Waals surface area contributed by atoms with Crippen molar-refractivity contribution in [2.24, 2.45) is 5.10 Å². The summed E-state index contributed by atoms with van der Waals surface area (Å²) in [6.07, 6.45) is 0. The molecule has 2 N–H and O–H groups in total. The van der Waals surface area contributed by atoms with Crippen LogP contribution in [-0.2, 0) is 20.9 Å². The van der Waals surface area contributed by atoms with Crippen LogP contribution in [0.15, 0.2) is 46.4 Å². The van der Waals surface area contributed by atoms with Gasteiger partial charge in [0, 0.05) is 11.1 Å². The second-order valence-corrected chi connectivity index (χ2v) is 11.2. The Bertz CT molecular complexity index is 988. The number of sulfonamides is 1. The number of phenolic OH excluding ortho intramolecular Hbond substituents is 1. The highest BCUT2D eigenvalue weighted by Crippen LogP contribution is 2.39. The molecular weight excluding hydrogens is 384 g/mol. The Morgan fingerprint density at radius 2 is 1.38 bits per heavy atom. The lowest BCUT2D eigenvalue weighted by atomic mass is 9.78. The second-order valence-electron chi connectivity index (χ2n) is 9.52. The summed E-state index contributed by atoms with van der Waals surface area (Å²) in [5, 5.41) is 15.0. The van der Waals surface area contributed by atoms with E-state index in [0.29, 0.717) is 5.71 Å². The molecule has 0 aliphatic carbocycles. The Labute approximate surface area is 174 Å². The van der Waals surface area contributed by atoms with Crippen LogP contribution in [0.3, 0.4) is 0 Å². The van der Waals surface area contributed by atoms with Crippen LogP contribution in [0, 0.1) is 6.92 Å². The smallest absolute Gasteiger partial charge is 0.276 e. The van der Waals surface area contributed by atoms with Gasteiger partial charge in [-0.05, 0) is 54.5 Å². The molecule has 0 unspecified atom stereocenters. The van der Waals surface area contributed by atoms with Crippen molar-refractivity contribution in [2.45, 2.75) is 71.1 Å². The van der Waals surface area contributed by atoms with E-state index in [1.807, 2.05) is 60.6 Å². The first-order valence-electron chi connectivity index (χ1n) is 9.64. The van der Waals surface area contributed by atoms with Gasteiger partial charge in [0.05, 0.1) is 10.6 Å². The minimum absolute atomic E-state index is 0.163. The molecule has 6 heteroatoms. The summed E-state index contributed by atoms with van der Waals surface area (Å²) in [6.45, 7) is 15.8. The van der Waals surface area contributed by atoms with Crippen LogP contribution in [0.4, 0.5) is 0 Å². The molecule has 0 radical (unpaired) electrons. The predicted octanol–water partition coefficient (Wildman–Crippen LogP) is 5.00. The van der Waals surface area contributed by atoms with Gasteiger partial charge < -0.3 is 5.11 Å². The van der Waals surface area contributed by atoms with E-state index in [4.69, 9.17) is 0 Å². The topological polar surface area (TPSA) is 78.8 Å². The highest BCUT2D eigenvalue weighted by atomic mass is 32.2. The maximum atomic E-state index is 12.5. The van der Waals surface area contributed by atoms with Gasteiger partial charge in [-0.25, -0.2) is 0 Å². The van der Waals surface area contributed by atoms with Crippen LogP contribution in [0.2, 0.25) is 0 Å². The van der Waals surface area contributed by atoms with E-state index >= 15 is 0 Å². The molecule has 2 aromatic rings. The fraction of sp³-hybridized carbons (Fsp3) is 0.435. The normalized spacial score (nSPS) is 13.4. The number of hydrazone groups is 1. The largest absolute Gasteiger partial charge is 0.507 e. The zero-order chi connectivity index (χ0) is 22.2. The van der Waals surface area contributed by atoms with E-state index in [1.165, 1.54) is 0 Å². The number of aryl methyl sites for hydroxylation is 1. The van der Waals surface area contributed by atoms with Gasteiger partial charge in [-0.1, -0.05) is 59.2 Å². The zero-order valence-electron chi connectivity index (χ0n) is 18.6. The number of benzene rings is 2. The van der Waals surface area contributed by atoms with Crippen molar-refractivity contribution in [3.8, 4) is 5.75 Å². The molecule has 0 aliphatic heterocycles. The molecule has 0 saturated carbocycles. The number of nitrogens with one attached hydrogen (secondary N) is 1. The van der Waals surface area contributed by atoms with Crippen molar-refractivity contribution in [2.75, 3.05) is 0 Å². The quantitative estimate of drug-likeness (QED) is 0.544. The number of rotatable bonds is 4. The molecular formula is C23H32N2O3S. The SMILES string of the molecule is C/C(=N/NS(=O)(=O)c1ccc(C)cc1)c1cc(C(C)(C)C)c(O)c(C(C)(C)C)c1. The Morgan fingerprint density at radius 3 is 1.79 bits per heavy atom. The molecule has 0 heterocycles. The van der Waals surface area contributed by atoms with Crippen LogP contribution in [-0.4, -0.2) is 19.2 Å². The van der Waals surface area contributed by atoms with Gasteiger partial charge in [0.15, 0.2) is 0 Å². The van der Waals surface area contributed by atoms with Gasteiger partial charge >= 0.3 is 0 Å². The molecule has 0 fully saturated rings. The molecule has 0 atom stereocenters. The van der Waals surface area contributed by atoms with Crippen LogP contribution in [0.5, 0.6) is 5.75 Å². The van der Waals surface area contributed by atoms with Crippen molar-refractivity contribution in [1.82, 2.24) is 4.83 Å². The van der Waals surface area contributed by atoms with Crippen LogP contribution >= 0.6 is 0 Å². The molecule has 29 heavy (non-hydrogen) atoms. The molecule has 2 aromatic carbocycles. The Balaban J connectivity index is 2.49. The Morgan fingerprint density at radius 1 is 0.931 bits per heavy atom. The summed E-state index contributed by atoms with van der Waals surface area (Å²) >= 11 is 0. The molecule has 158 valence electrons.